The molecule has 0 atom stereocenters. The smallest absolute Gasteiger partial charge is 0.0653 e. The van der Waals surface area contributed by atoms with Crippen LogP contribution in [-0.2, 0) is 4.74 Å². The molecule has 0 aliphatic carbocycles. The molecule has 0 aromatic heterocycles. The fourth-order valence-electron chi connectivity index (χ4n) is 1.20. The van der Waals surface area contributed by atoms with E-state index >= 15 is 0 Å². The predicted octanol–water partition coefficient (Wildman–Crippen LogP) is 4.87. The maximum absolute atomic E-state index is 6.02. The van der Waals surface area contributed by atoms with Crippen LogP contribution in [0.2, 0.25) is 15.1 Å². The Labute approximate surface area is 117 Å². The Balaban J connectivity index is 2.50. The molecule has 1 aromatic carbocycles. The van der Waals surface area contributed by atoms with Gasteiger partial charge in [-0.25, -0.2) is 0 Å². The van der Waals surface area contributed by atoms with Crippen LogP contribution in [0, 0.1) is 0 Å². The van der Waals surface area contributed by atoms with Crippen molar-refractivity contribution in [1.82, 2.24) is 0 Å². The Morgan fingerprint density at radius 3 is 2.24 bits per heavy atom. The van der Waals surface area contributed by atoms with Gasteiger partial charge in [0.05, 0.1) is 33.0 Å². The lowest BCUT2D eigenvalue weighted by molar-refractivity contribution is 0.00333. The third kappa shape index (κ3) is 5.35. The summed E-state index contributed by atoms with van der Waals surface area (Å²) in [6.45, 7) is 7.30. The monoisotopic (exact) mass is 295 g/mol. The van der Waals surface area contributed by atoms with Gasteiger partial charge in [0.25, 0.3) is 0 Å². The molecule has 0 aliphatic heterocycles. The second-order valence-corrected chi connectivity index (χ2v) is 5.86. The molecule has 0 saturated heterocycles. The third-order valence-electron chi connectivity index (χ3n) is 1.96. The summed E-state index contributed by atoms with van der Waals surface area (Å²) in [7, 11) is 0. The maximum atomic E-state index is 6.02. The Bertz CT molecular complexity index is 388. The topological polar surface area (TPSA) is 21.3 Å². The predicted molar refractivity (Wildman–Crippen MR) is 75.7 cm³/mol. The van der Waals surface area contributed by atoms with E-state index in [9.17, 15) is 0 Å². The number of anilines is 1. The Morgan fingerprint density at radius 1 is 1.06 bits per heavy atom. The molecule has 0 radical (unpaired) electrons. The molecule has 0 heterocycles. The van der Waals surface area contributed by atoms with Crippen LogP contribution in [0.1, 0.15) is 20.8 Å². The van der Waals surface area contributed by atoms with E-state index in [0.717, 1.165) is 5.69 Å². The summed E-state index contributed by atoms with van der Waals surface area (Å²) in [5, 5.41) is 4.64. The molecule has 0 fully saturated rings. The average molecular weight is 297 g/mol. The van der Waals surface area contributed by atoms with Crippen molar-refractivity contribution in [3.05, 3.63) is 27.2 Å². The summed E-state index contributed by atoms with van der Waals surface area (Å²) in [4.78, 5) is 0. The number of hydrogen-bond acceptors (Lipinski definition) is 2. The molecular weight excluding hydrogens is 280 g/mol. The molecular formula is C12H16Cl3NO. The van der Waals surface area contributed by atoms with E-state index in [1.807, 2.05) is 20.8 Å². The molecule has 5 heteroatoms. The van der Waals surface area contributed by atoms with Crippen molar-refractivity contribution < 1.29 is 4.74 Å². The number of rotatable bonds is 4. The van der Waals surface area contributed by atoms with Crippen molar-refractivity contribution >= 4 is 40.5 Å². The van der Waals surface area contributed by atoms with Crippen LogP contribution in [0.5, 0.6) is 0 Å². The third-order valence-corrected chi connectivity index (χ3v) is 3.00. The molecule has 1 rings (SSSR count). The van der Waals surface area contributed by atoms with Gasteiger partial charge in [-0.15, -0.1) is 0 Å². The van der Waals surface area contributed by atoms with E-state index in [1.165, 1.54) is 0 Å². The summed E-state index contributed by atoms with van der Waals surface area (Å²) in [6, 6.07) is 3.34. The van der Waals surface area contributed by atoms with Crippen LogP contribution in [0.15, 0.2) is 12.1 Å². The lowest BCUT2D eigenvalue weighted by Crippen LogP contribution is -2.23. The van der Waals surface area contributed by atoms with Gasteiger partial charge in [-0.1, -0.05) is 34.8 Å². The second kappa shape index (κ2) is 6.14. The highest BCUT2D eigenvalue weighted by Crippen LogP contribution is 2.32. The number of benzene rings is 1. The van der Waals surface area contributed by atoms with Gasteiger partial charge in [0.1, 0.15) is 0 Å². The first kappa shape index (κ1) is 14.9. The fourth-order valence-corrected chi connectivity index (χ4v) is 1.81. The molecule has 96 valence electrons. The van der Waals surface area contributed by atoms with E-state index < -0.39 is 0 Å². The van der Waals surface area contributed by atoms with Crippen LogP contribution in [0.4, 0.5) is 5.69 Å². The zero-order valence-corrected chi connectivity index (χ0v) is 12.4. The fraction of sp³-hybridized carbons (Fsp3) is 0.500. The summed E-state index contributed by atoms with van der Waals surface area (Å²) >= 11 is 17.8. The van der Waals surface area contributed by atoms with Crippen molar-refractivity contribution in [3.63, 3.8) is 0 Å². The highest BCUT2D eigenvalue weighted by molar-refractivity contribution is 6.44. The minimum atomic E-state index is -0.136. The summed E-state index contributed by atoms with van der Waals surface area (Å²) in [6.07, 6.45) is 0. The van der Waals surface area contributed by atoms with Gasteiger partial charge in [-0.05, 0) is 32.9 Å². The summed E-state index contributed by atoms with van der Waals surface area (Å²) in [5.41, 5.74) is 0.627. The van der Waals surface area contributed by atoms with Crippen LogP contribution >= 0.6 is 34.8 Å². The van der Waals surface area contributed by atoms with Crippen LogP contribution in [-0.4, -0.2) is 18.8 Å². The van der Waals surface area contributed by atoms with Crippen LogP contribution < -0.4 is 5.32 Å². The van der Waals surface area contributed by atoms with Gasteiger partial charge in [-0.3, -0.25) is 0 Å². The lowest BCUT2D eigenvalue weighted by Gasteiger charge is -2.20. The van der Waals surface area contributed by atoms with Crippen LogP contribution in [0.25, 0.3) is 0 Å². The van der Waals surface area contributed by atoms with Gasteiger partial charge < -0.3 is 10.1 Å². The molecule has 0 spiro atoms. The molecule has 0 saturated carbocycles. The van der Waals surface area contributed by atoms with E-state index in [1.54, 1.807) is 12.1 Å². The normalized spacial score (nSPS) is 11.6. The van der Waals surface area contributed by atoms with Crippen molar-refractivity contribution in [1.29, 1.82) is 0 Å². The van der Waals surface area contributed by atoms with Gasteiger partial charge in [0.2, 0.25) is 0 Å². The molecule has 1 N–H and O–H groups in total. The minimum absolute atomic E-state index is 0.136. The molecule has 17 heavy (non-hydrogen) atoms. The van der Waals surface area contributed by atoms with Gasteiger partial charge >= 0.3 is 0 Å². The molecule has 0 amide bonds. The van der Waals surface area contributed by atoms with E-state index in [0.29, 0.717) is 28.2 Å². The Hall–Kier alpha value is -0.150. The number of nitrogens with one attached hydrogen (secondary N) is 1. The van der Waals surface area contributed by atoms with Crippen molar-refractivity contribution in [2.75, 3.05) is 18.5 Å². The molecule has 2 nitrogen and oxygen atoms in total. The standard InChI is InChI=1S/C12H16Cl3NO/c1-12(2,3)17-5-4-16-11-7-9(14)8(13)6-10(11)15/h6-7,16H,4-5H2,1-3H3. The summed E-state index contributed by atoms with van der Waals surface area (Å²) in [5.74, 6) is 0. The van der Waals surface area contributed by atoms with Crippen LogP contribution in [0.3, 0.4) is 0 Å². The van der Waals surface area contributed by atoms with Gasteiger partial charge in [-0.2, -0.15) is 0 Å². The second-order valence-electron chi connectivity index (χ2n) is 4.63. The number of halogens is 3. The Morgan fingerprint density at radius 2 is 1.65 bits per heavy atom. The Kier molecular flexibility index (Phi) is 5.39. The molecule has 0 unspecified atom stereocenters. The molecule has 0 aliphatic rings. The first-order valence-corrected chi connectivity index (χ1v) is 6.45. The van der Waals surface area contributed by atoms with E-state index in [2.05, 4.69) is 5.32 Å². The molecule has 1 aromatic rings. The largest absolute Gasteiger partial charge is 0.381 e. The zero-order valence-electron chi connectivity index (χ0n) is 10.1. The summed E-state index contributed by atoms with van der Waals surface area (Å²) < 4.78 is 5.58. The van der Waals surface area contributed by atoms with E-state index in [4.69, 9.17) is 39.5 Å². The average Bonchev–Trinajstić information content (AvgIpc) is 2.18. The minimum Gasteiger partial charge on any atom is -0.381 e. The lowest BCUT2D eigenvalue weighted by atomic mass is 10.2. The number of ether oxygens (including phenoxy) is 1. The van der Waals surface area contributed by atoms with Gasteiger partial charge in [0.15, 0.2) is 0 Å². The van der Waals surface area contributed by atoms with E-state index in [-0.39, 0.29) is 5.60 Å². The van der Waals surface area contributed by atoms with Crippen molar-refractivity contribution in [2.45, 2.75) is 26.4 Å². The first-order valence-electron chi connectivity index (χ1n) is 5.32. The zero-order chi connectivity index (χ0) is 13.1. The van der Waals surface area contributed by atoms with Crippen molar-refractivity contribution in [3.8, 4) is 0 Å². The number of hydrogen-bond donors (Lipinski definition) is 1. The highest BCUT2D eigenvalue weighted by Gasteiger charge is 2.10. The SMILES string of the molecule is CC(C)(C)OCCNc1cc(Cl)c(Cl)cc1Cl. The highest BCUT2D eigenvalue weighted by atomic mass is 35.5. The quantitative estimate of drug-likeness (QED) is 0.632. The van der Waals surface area contributed by atoms with Gasteiger partial charge in [0, 0.05) is 6.54 Å². The van der Waals surface area contributed by atoms with Crippen molar-refractivity contribution in [2.24, 2.45) is 0 Å². The molecule has 0 bridgehead atoms. The first-order chi connectivity index (χ1) is 7.79. The maximum Gasteiger partial charge on any atom is 0.0653 e.